The first-order valence-corrected chi connectivity index (χ1v) is 15.3. The molecule has 2 bridgehead atoms. The molecule has 0 radical (unpaired) electrons. The van der Waals surface area contributed by atoms with Crippen LogP contribution in [0.15, 0.2) is 72.8 Å². The summed E-state index contributed by atoms with van der Waals surface area (Å²) in [5.41, 5.74) is 5.87. The van der Waals surface area contributed by atoms with Crippen LogP contribution in [0.25, 0.3) is 11.1 Å². The summed E-state index contributed by atoms with van der Waals surface area (Å²) in [4.78, 5) is 16.0. The highest BCUT2D eigenvalue weighted by molar-refractivity contribution is 5.97. The molecule has 2 fully saturated rings. The summed E-state index contributed by atoms with van der Waals surface area (Å²) in [6.45, 7) is 2.57. The van der Waals surface area contributed by atoms with Crippen LogP contribution in [0.5, 0.6) is 5.75 Å². The Morgan fingerprint density at radius 2 is 1.76 bits per heavy atom. The van der Waals surface area contributed by atoms with Gasteiger partial charge >= 0.3 is 0 Å². The lowest BCUT2D eigenvalue weighted by Crippen LogP contribution is -2.61. The first-order chi connectivity index (χ1) is 20.4. The number of carbonyl (C=O) groups is 1. The van der Waals surface area contributed by atoms with Gasteiger partial charge in [0.05, 0.1) is 23.3 Å². The number of nitrogens with zero attached hydrogens (tertiary/aromatic N) is 2. The maximum Gasteiger partial charge on any atom is 0.255 e. The van der Waals surface area contributed by atoms with E-state index in [0.717, 1.165) is 59.7 Å². The Hall–Kier alpha value is -3.92. The van der Waals surface area contributed by atoms with Crippen LogP contribution in [0.4, 0.5) is 0 Å². The minimum atomic E-state index is -0.539. The van der Waals surface area contributed by atoms with Gasteiger partial charge in [-0.1, -0.05) is 54.6 Å². The SMILES string of the molecule is N#Cc1ccc(-c2ccc(CCNC(=O)c3ccc4c(c3O)C35CCN(CC6CC6)C(C4)[C@@H]3C=C[C@H](O)C5)cc2)cc1. The third-order valence-corrected chi connectivity index (χ3v) is 10.1. The number of phenols is 1. The number of aliphatic hydroxyl groups is 1. The van der Waals surface area contributed by atoms with Crippen molar-refractivity contribution >= 4 is 5.91 Å². The van der Waals surface area contributed by atoms with E-state index in [1.54, 1.807) is 6.07 Å². The van der Waals surface area contributed by atoms with Crippen LogP contribution >= 0.6 is 0 Å². The molecule has 6 nitrogen and oxygen atoms in total. The molecule has 6 heteroatoms. The fourth-order valence-electron chi connectivity index (χ4n) is 7.80. The largest absolute Gasteiger partial charge is 0.507 e. The Morgan fingerprint density at radius 1 is 1.02 bits per heavy atom. The quantitative estimate of drug-likeness (QED) is 0.349. The molecule has 4 aliphatic rings. The van der Waals surface area contributed by atoms with Gasteiger partial charge in [-0.05, 0) is 91.4 Å². The van der Waals surface area contributed by atoms with Crippen LogP contribution in [-0.4, -0.2) is 52.8 Å². The van der Waals surface area contributed by atoms with Crippen molar-refractivity contribution in [2.24, 2.45) is 11.8 Å². The summed E-state index contributed by atoms with van der Waals surface area (Å²) in [5, 5.41) is 34.4. The van der Waals surface area contributed by atoms with E-state index in [1.165, 1.54) is 12.8 Å². The molecule has 7 rings (SSSR count). The van der Waals surface area contributed by atoms with Crippen LogP contribution in [0, 0.1) is 23.2 Å². The highest BCUT2D eigenvalue weighted by Crippen LogP contribution is 2.57. The van der Waals surface area contributed by atoms with Gasteiger partial charge in [0, 0.05) is 36.0 Å². The second-order valence-corrected chi connectivity index (χ2v) is 12.7. The first-order valence-electron chi connectivity index (χ1n) is 15.3. The lowest BCUT2D eigenvalue weighted by molar-refractivity contribution is 0.00393. The number of phenolic OH excluding ortho intramolecular Hbond substituents is 1. The zero-order valence-corrected chi connectivity index (χ0v) is 23.8. The Balaban J connectivity index is 1.06. The molecule has 1 aliphatic heterocycles. The molecule has 2 unspecified atom stereocenters. The monoisotopic (exact) mass is 559 g/mol. The maximum absolute atomic E-state index is 13.3. The molecular weight excluding hydrogens is 522 g/mol. The summed E-state index contributed by atoms with van der Waals surface area (Å²) in [5.74, 6) is 0.880. The van der Waals surface area contributed by atoms with Crippen molar-refractivity contribution in [3.05, 3.63) is 101 Å². The van der Waals surface area contributed by atoms with E-state index in [0.29, 0.717) is 36.6 Å². The number of carbonyl (C=O) groups excluding carboxylic acids is 1. The van der Waals surface area contributed by atoms with Crippen LogP contribution < -0.4 is 5.32 Å². The average Bonchev–Trinajstić information content (AvgIpc) is 3.83. The number of piperidine rings is 1. The Labute approximate surface area is 247 Å². The van der Waals surface area contributed by atoms with E-state index in [4.69, 9.17) is 5.26 Å². The number of nitrogens with one attached hydrogen (secondary N) is 1. The van der Waals surface area contributed by atoms with Crippen LogP contribution in [-0.2, 0) is 18.3 Å². The number of aliphatic hydroxyl groups excluding tert-OH is 1. The van der Waals surface area contributed by atoms with Gasteiger partial charge in [-0.15, -0.1) is 0 Å². The van der Waals surface area contributed by atoms with Gasteiger partial charge in [-0.2, -0.15) is 5.26 Å². The van der Waals surface area contributed by atoms with Gasteiger partial charge in [0.1, 0.15) is 5.75 Å². The van der Waals surface area contributed by atoms with Gasteiger partial charge < -0.3 is 15.5 Å². The molecule has 0 aromatic heterocycles. The fourth-order valence-corrected chi connectivity index (χ4v) is 7.80. The number of likely N-dealkylation sites (tertiary alicyclic amines) is 1. The number of fused-ring (bicyclic) bond motifs is 1. The molecular formula is C36H37N3O3. The lowest BCUT2D eigenvalue weighted by Gasteiger charge is -2.58. The smallest absolute Gasteiger partial charge is 0.255 e. The standard InChI is InChI=1S/C36H37N3O3/c37-21-24-5-9-27(10-6-24)26-7-3-23(4-8-26)15-17-38-35(42)30-13-11-28-19-32-31-14-12-29(40)20-36(31,33(28)34(30)41)16-18-39(32)22-25-1-2-25/h3-14,25,29,31-32,40-41H,1-2,15-20,22H2,(H,38,42)/t29-,31-,32?,36?/m0/s1. The van der Waals surface area contributed by atoms with Crippen molar-refractivity contribution in [2.75, 3.05) is 19.6 Å². The van der Waals surface area contributed by atoms with Crippen LogP contribution in [0.1, 0.15) is 58.3 Å². The summed E-state index contributed by atoms with van der Waals surface area (Å²) in [7, 11) is 0. The van der Waals surface area contributed by atoms with Crippen molar-refractivity contribution in [3.63, 3.8) is 0 Å². The Morgan fingerprint density at radius 3 is 2.48 bits per heavy atom. The summed E-state index contributed by atoms with van der Waals surface area (Å²) >= 11 is 0. The predicted octanol–water partition coefficient (Wildman–Crippen LogP) is 5.12. The average molecular weight is 560 g/mol. The zero-order valence-electron chi connectivity index (χ0n) is 23.8. The molecule has 42 heavy (non-hydrogen) atoms. The van der Waals surface area contributed by atoms with E-state index in [1.807, 2.05) is 36.4 Å². The number of amides is 1. The molecule has 1 saturated heterocycles. The number of nitriles is 1. The normalized spacial score (nSPS) is 26.1. The third-order valence-electron chi connectivity index (χ3n) is 10.1. The van der Waals surface area contributed by atoms with E-state index in [2.05, 4.69) is 46.6 Å². The van der Waals surface area contributed by atoms with Gasteiger partial charge in [-0.3, -0.25) is 9.69 Å². The number of rotatable bonds is 7. The first kappa shape index (κ1) is 26.9. The molecule has 3 aromatic rings. The number of aromatic hydroxyl groups is 1. The number of hydrogen-bond donors (Lipinski definition) is 3. The van der Waals surface area contributed by atoms with Gasteiger partial charge in [-0.25, -0.2) is 0 Å². The minimum absolute atomic E-state index is 0.0957. The van der Waals surface area contributed by atoms with Crippen LogP contribution in [0.2, 0.25) is 0 Å². The Bertz CT molecular complexity index is 1570. The zero-order chi connectivity index (χ0) is 28.8. The molecule has 1 amide bonds. The highest BCUT2D eigenvalue weighted by atomic mass is 16.3. The molecule has 3 aliphatic carbocycles. The highest BCUT2D eigenvalue weighted by Gasteiger charge is 2.55. The van der Waals surface area contributed by atoms with Gasteiger partial charge in [0.15, 0.2) is 0 Å². The van der Waals surface area contributed by atoms with Crippen molar-refractivity contribution < 1.29 is 15.0 Å². The predicted molar refractivity (Wildman–Crippen MR) is 162 cm³/mol. The van der Waals surface area contributed by atoms with Crippen LogP contribution in [0.3, 0.4) is 0 Å². The van der Waals surface area contributed by atoms with Crippen molar-refractivity contribution in [1.82, 2.24) is 10.2 Å². The van der Waals surface area contributed by atoms with E-state index < -0.39 is 6.10 Å². The molecule has 1 heterocycles. The van der Waals surface area contributed by atoms with Gasteiger partial charge in [0.2, 0.25) is 0 Å². The summed E-state index contributed by atoms with van der Waals surface area (Å²) in [6, 6.07) is 22.1. The molecule has 3 aromatic carbocycles. The topological polar surface area (TPSA) is 96.6 Å². The summed E-state index contributed by atoms with van der Waals surface area (Å²) < 4.78 is 0. The third kappa shape index (κ3) is 4.81. The van der Waals surface area contributed by atoms with Crippen molar-refractivity contribution in [2.45, 2.75) is 56.1 Å². The minimum Gasteiger partial charge on any atom is -0.507 e. The maximum atomic E-state index is 13.3. The number of benzene rings is 3. The molecule has 3 N–H and O–H groups in total. The second kappa shape index (κ2) is 10.7. The summed E-state index contributed by atoms with van der Waals surface area (Å²) in [6.07, 6.45) is 9.25. The van der Waals surface area contributed by atoms with E-state index in [9.17, 15) is 15.0 Å². The molecule has 4 atom stereocenters. The number of hydrogen-bond acceptors (Lipinski definition) is 5. The van der Waals surface area contributed by atoms with E-state index >= 15 is 0 Å². The second-order valence-electron chi connectivity index (χ2n) is 12.7. The molecule has 214 valence electrons. The van der Waals surface area contributed by atoms with Crippen molar-refractivity contribution in [3.8, 4) is 22.9 Å². The molecule has 0 spiro atoms. The lowest BCUT2D eigenvalue weighted by atomic mass is 9.53. The van der Waals surface area contributed by atoms with Crippen molar-refractivity contribution in [1.29, 1.82) is 5.26 Å². The van der Waals surface area contributed by atoms with Gasteiger partial charge in [0.25, 0.3) is 5.91 Å². The Kier molecular flexibility index (Phi) is 6.88. The fraction of sp³-hybridized carbons (Fsp3) is 0.389. The molecule has 1 saturated carbocycles. The van der Waals surface area contributed by atoms with E-state index in [-0.39, 0.29) is 23.0 Å².